The molecule has 2 heterocycles. The zero-order valence-electron chi connectivity index (χ0n) is 15.4. The van der Waals surface area contributed by atoms with Gasteiger partial charge in [-0.1, -0.05) is 23.7 Å². The lowest BCUT2D eigenvalue weighted by atomic mass is 10.2. The van der Waals surface area contributed by atoms with E-state index >= 15 is 0 Å². The third-order valence-electron chi connectivity index (χ3n) is 4.62. The Bertz CT molecular complexity index is 944. The summed E-state index contributed by atoms with van der Waals surface area (Å²) in [6, 6.07) is 4.85. The highest BCUT2D eigenvalue weighted by atomic mass is 35.5. The van der Waals surface area contributed by atoms with Gasteiger partial charge in [0.2, 0.25) is 15.9 Å². The Morgan fingerprint density at radius 3 is 2.89 bits per heavy atom. The SMILES string of the molecule is CN(C)CCC(=O)N[C@H]1CCN(S(=O)(=O)c2cccc3cncc(Cl)c23)C1. The summed E-state index contributed by atoms with van der Waals surface area (Å²) in [4.78, 5) is 18.1. The molecule has 1 aliphatic heterocycles. The maximum absolute atomic E-state index is 13.2. The summed E-state index contributed by atoms with van der Waals surface area (Å²) in [6.45, 7) is 1.28. The first kappa shape index (κ1) is 20.0. The van der Waals surface area contributed by atoms with Gasteiger partial charge in [0.1, 0.15) is 0 Å². The van der Waals surface area contributed by atoms with Gasteiger partial charge in [-0.25, -0.2) is 8.42 Å². The molecule has 2 aromatic rings. The Morgan fingerprint density at radius 2 is 2.15 bits per heavy atom. The number of rotatable bonds is 6. The fraction of sp³-hybridized carbons (Fsp3) is 0.444. The van der Waals surface area contributed by atoms with Gasteiger partial charge in [-0.05, 0) is 26.6 Å². The summed E-state index contributed by atoms with van der Waals surface area (Å²) >= 11 is 6.23. The van der Waals surface area contributed by atoms with E-state index in [0.717, 1.165) is 0 Å². The van der Waals surface area contributed by atoms with Crippen LogP contribution in [0.1, 0.15) is 12.8 Å². The second-order valence-corrected chi connectivity index (χ2v) is 9.26. The van der Waals surface area contributed by atoms with E-state index in [4.69, 9.17) is 11.6 Å². The summed E-state index contributed by atoms with van der Waals surface area (Å²) in [5, 5.41) is 4.39. The van der Waals surface area contributed by atoms with E-state index in [1.54, 1.807) is 24.4 Å². The fourth-order valence-corrected chi connectivity index (χ4v) is 5.26. The summed E-state index contributed by atoms with van der Waals surface area (Å²) in [7, 11) is 0.0889. The van der Waals surface area contributed by atoms with Crippen molar-refractivity contribution >= 4 is 38.3 Å². The first-order valence-corrected chi connectivity index (χ1v) is 10.6. The fourth-order valence-electron chi connectivity index (χ4n) is 3.20. The molecule has 1 atom stereocenters. The normalized spacial score (nSPS) is 18.3. The number of pyridine rings is 1. The minimum absolute atomic E-state index is 0.0628. The maximum atomic E-state index is 13.2. The number of fused-ring (bicyclic) bond motifs is 1. The van der Waals surface area contributed by atoms with Crippen LogP contribution in [-0.4, -0.2) is 68.3 Å². The van der Waals surface area contributed by atoms with E-state index < -0.39 is 10.0 Å². The summed E-state index contributed by atoms with van der Waals surface area (Å²) in [5.41, 5.74) is 0. The number of carbonyl (C=O) groups is 1. The number of carbonyl (C=O) groups excluding carboxylic acids is 1. The summed E-state index contributed by atoms with van der Waals surface area (Å²) in [6.07, 6.45) is 4.02. The largest absolute Gasteiger partial charge is 0.352 e. The number of halogens is 1. The van der Waals surface area contributed by atoms with Crippen molar-refractivity contribution < 1.29 is 13.2 Å². The molecule has 0 bridgehead atoms. The van der Waals surface area contributed by atoms with Crippen LogP contribution in [0.5, 0.6) is 0 Å². The van der Waals surface area contributed by atoms with Gasteiger partial charge in [-0.15, -0.1) is 0 Å². The van der Waals surface area contributed by atoms with Crippen molar-refractivity contribution in [1.82, 2.24) is 19.5 Å². The highest BCUT2D eigenvalue weighted by molar-refractivity contribution is 7.89. The molecule has 1 saturated heterocycles. The van der Waals surface area contributed by atoms with E-state index in [-0.39, 0.29) is 23.4 Å². The Balaban J connectivity index is 1.77. The standard InChI is InChI=1S/C18H23ClN4O3S/c1-22(2)8-7-17(24)21-14-6-9-23(12-14)27(25,26)16-5-3-4-13-10-20-11-15(19)18(13)16/h3-5,10-11,14H,6-9,12H2,1-2H3,(H,21,24)/t14-/m0/s1. The number of aromatic nitrogens is 1. The van der Waals surface area contributed by atoms with Crippen LogP contribution in [0.15, 0.2) is 35.5 Å². The molecule has 3 rings (SSSR count). The zero-order valence-corrected chi connectivity index (χ0v) is 16.9. The van der Waals surface area contributed by atoms with Crippen molar-refractivity contribution in [1.29, 1.82) is 0 Å². The number of sulfonamides is 1. The lowest BCUT2D eigenvalue weighted by Gasteiger charge is -2.19. The molecule has 1 aromatic carbocycles. The summed E-state index contributed by atoms with van der Waals surface area (Å²) < 4.78 is 27.8. The van der Waals surface area contributed by atoms with Crippen molar-refractivity contribution in [2.45, 2.75) is 23.8 Å². The van der Waals surface area contributed by atoms with Gasteiger partial charge in [-0.3, -0.25) is 9.78 Å². The molecule has 146 valence electrons. The monoisotopic (exact) mass is 410 g/mol. The van der Waals surface area contributed by atoms with Crippen molar-refractivity contribution in [3.8, 4) is 0 Å². The number of nitrogens with zero attached hydrogens (tertiary/aromatic N) is 3. The first-order chi connectivity index (χ1) is 12.8. The Labute approximate surface area is 164 Å². The summed E-state index contributed by atoms with van der Waals surface area (Å²) in [5.74, 6) is -0.0628. The molecular formula is C18H23ClN4O3S. The minimum atomic E-state index is -3.72. The minimum Gasteiger partial charge on any atom is -0.352 e. The van der Waals surface area contributed by atoms with Crippen LogP contribution in [0.2, 0.25) is 5.02 Å². The molecule has 0 saturated carbocycles. The molecule has 27 heavy (non-hydrogen) atoms. The predicted octanol–water partition coefficient (Wildman–Crippen LogP) is 1.72. The lowest BCUT2D eigenvalue weighted by molar-refractivity contribution is -0.121. The van der Waals surface area contributed by atoms with Gasteiger partial charge >= 0.3 is 0 Å². The van der Waals surface area contributed by atoms with Crippen LogP contribution >= 0.6 is 11.6 Å². The number of nitrogens with one attached hydrogen (secondary N) is 1. The average Bonchev–Trinajstić information content (AvgIpc) is 3.09. The van der Waals surface area contributed by atoms with E-state index in [9.17, 15) is 13.2 Å². The predicted molar refractivity (Wildman–Crippen MR) is 105 cm³/mol. The van der Waals surface area contributed by atoms with E-state index in [1.165, 1.54) is 10.5 Å². The molecule has 9 heteroatoms. The van der Waals surface area contributed by atoms with Gasteiger partial charge in [0.05, 0.1) is 9.92 Å². The van der Waals surface area contributed by atoms with Crippen LogP contribution in [0.4, 0.5) is 0 Å². The smallest absolute Gasteiger partial charge is 0.243 e. The van der Waals surface area contributed by atoms with E-state index in [1.807, 2.05) is 19.0 Å². The molecule has 1 aromatic heterocycles. The second-order valence-electron chi connectivity index (χ2n) is 6.95. The van der Waals surface area contributed by atoms with Crippen LogP contribution in [0, 0.1) is 0 Å². The molecule has 0 spiro atoms. The maximum Gasteiger partial charge on any atom is 0.243 e. The Kier molecular flexibility index (Phi) is 6.00. The van der Waals surface area contributed by atoms with Gasteiger partial charge in [-0.2, -0.15) is 4.31 Å². The molecule has 1 amide bonds. The van der Waals surface area contributed by atoms with Gasteiger partial charge < -0.3 is 10.2 Å². The zero-order chi connectivity index (χ0) is 19.6. The van der Waals surface area contributed by atoms with E-state index in [2.05, 4.69) is 10.3 Å². The topological polar surface area (TPSA) is 82.6 Å². The first-order valence-electron chi connectivity index (χ1n) is 8.75. The van der Waals surface area contributed by atoms with Crippen molar-refractivity contribution in [2.75, 3.05) is 33.7 Å². The second kappa shape index (κ2) is 8.10. The van der Waals surface area contributed by atoms with Crippen LogP contribution in [0.3, 0.4) is 0 Å². The molecule has 0 radical (unpaired) electrons. The Hall–Kier alpha value is -1.74. The van der Waals surface area contributed by atoms with Crippen molar-refractivity contribution in [3.63, 3.8) is 0 Å². The highest BCUT2D eigenvalue weighted by Crippen LogP contribution is 2.32. The number of hydrogen-bond donors (Lipinski definition) is 1. The molecule has 0 unspecified atom stereocenters. The molecule has 1 aliphatic rings. The van der Waals surface area contributed by atoms with Crippen LogP contribution in [0.25, 0.3) is 10.8 Å². The lowest BCUT2D eigenvalue weighted by Crippen LogP contribution is -2.39. The van der Waals surface area contributed by atoms with E-state index in [0.29, 0.717) is 41.7 Å². The number of benzene rings is 1. The van der Waals surface area contributed by atoms with Crippen LogP contribution in [-0.2, 0) is 14.8 Å². The van der Waals surface area contributed by atoms with Crippen molar-refractivity contribution in [2.24, 2.45) is 0 Å². The molecule has 1 fully saturated rings. The third kappa shape index (κ3) is 4.40. The van der Waals surface area contributed by atoms with Gasteiger partial charge in [0.15, 0.2) is 0 Å². The number of hydrogen-bond acceptors (Lipinski definition) is 5. The Morgan fingerprint density at radius 1 is 1.37 bits per heavy atom. The molecule has 0 aliphatic carbocycles. The van der Waals surface area contributed by atoms with Crippen molar-refractivity contribution in [3.05, 3.63) is 35.6 Å². The quantitative estimate of drug-likeness (QED) is 0.784. The highest BCUT2D eigenvalue weighted by Gasteiger charge is 2.34. The van der Waals surface area contributed by atoms with Gasteiger partial charge in [0.25, 0.3) is 0 Å². The number of amides is 1. The molecular weight excluding hydrogens is 388 g/mol. The average molecular weight is 411 g/mol. The van der Waals surface area contributed by atoms with Gasteiger partial charge in [0, 0.05) is 55.3 Å². The van der Waals surface area contributed by atoms with Crippen LogP contribution < -0.4 is 5.32 Å². The molecule has 7 nitrogen and oxygen atoms in total. The molecule has 1 N–H and O–H groups in total. The third-order valence-corrected chi connectivity index (χ3v) is 6.81.